The van der Waals surface area contributed by atoms with Gasteiger partial charge in [-0.15, -0.1) is 0 Å². The average molecular weight is 214 g/mol. The highest BCUT2D eigenvalue weighted by molar-refractivity contribution is 5.89. The van der Waals surface area contributed by atoms with Crippen LogP contribution in [0.15, 0.2) is 24.3 Å². The van der Waals surface area contributed by atoms with E-state index in [-0.39, 0.29) is 0 Å². The van der Waals surface area contributed by atoms with Crippen LogP contribution in [-0.4, -0.2) is 24.4 Å². The van der Waals surface area contributed by atoms with Crippen LogP contribution in [0.3, 0.4) is 0 Å². The molecule has 1 aromatic heterocycles. The standard InChI is InChI=1S/C13H14N2O/c16-9-11-7-10-8-12(3-4-13(10)14-11)15-5-1-2-6-15/h3-4,7-9,14H,1-2,5-6H2. The lowest BCUT2D eigenvalue weighted by molar-refractivity contribution is 0.112. The Morgan fingerprint density at radius 3 is 2.75 bits per heavy atom. The molecular weight excluding hydrogens is 200 g/mol. The monoisotopic (exact) mass is 214 g/mol. The Hall–Kier alpha value is -1.77. The van der Waals surface area contributed by atoms with E-state index < -0.39 is 0 Å². The Bertz CT molecular complexity index is 524. The molecule has 0 radical (unpaired) electrons. The molecule has 1 N–H and O–H groups in total. The van der Waals surface area contributed by atoms with Crippen LogP contribution < -0.4 is 4.90 Å². The number of hydrogen-bond donors (Lipinski definition) is 1. The average Bonchev–Trinajstić information content (AvgIpc) is 2.96. The van der Waals surface area contributed by atoms with E-state index in [0.717, 1.165) is 30.3 Å². The van der Waals surface area contributed by atoms with Crippen LogP contribution in [0.25, 0.3) is 10.9 Å². The van der Waals surface area contributed by atoms with E-state index in [1.807, 2.05) is 6.07 Å². The second-order valence-electron chi connectivity index (χ2n) is 4.31. The first-order chi connectivity index (χ1) is 7.86. The van der Waals surface area contributed by atoms with E-state index in [1.54, 1.807) is 0 Å². The number of nitrogens with zero attached hydrogens (tertiary/aromatic N) is 1. The lowest BCUT2D eigenvalue weighted by atomic mass is 10.2. The Morgan fingerprint density at radius 1 is 1.19 bits per heavy atom. The van der Waals surface area contributed by atoms with Crippen LogP contribution in [0.4, 0.5) is 5.69 Å². The highest BCUT2D eigenvalue weighted by Crippen LogP contribution is 2.25. The van der Waals surface area contributed by atoms with Gasteiger partial charge in [-0.25, -0.2) is 0 Å². The van der Waals surface area contributed by atoms with Gasteiger partial charge in [-0.3, -0.25) is 4.79 Å². The predicted molar refractivity (Wildman–Crippen MR) is 65.1 cm³/mol. The molecule has 3 heteroatoms. The maximum atomic E-state index is 10.7. The molecule has 3 rings (SSSR count). The molecule has 0 unspecified atom stereocenters. The molecule has 1 aromatic carbocycles. The number of fused-ring (bicyclic) bond motifs is 1. The van der Waals surface area contributed by atoms with Crippen LogP contribution in [0.2, 0.25) is 0 Å². The number of benzene rings is 1. The fraction of sp³-hybridized carbons (Fsp3) is 0.308. The minimum absolute atomic E-state index is 0.647. The van der Waals surface area contributed by atoms with Crippen molar-refractivity contribution >= 4 is 22.9 Å². The fourth-order valence-electron chi connectivity index (χ4n) is 2.38. The number of hydrogen-bond acceptors (Lipinski definition) is 2. The van der Waals surface area contributed by atoms with Crippen molar-refractivity contribution in [3.05, 3.63) is 30.0 Å². The van der Waals surface area contributed by atoms with Gasteiger partial charge in [0.15, 0.2) is 6.29 Å². The molecule has 1 aliphatic heterocycles. The lowest BCUT2D eigenvalue weighted by Crippen LogP contribution is -2.17. The van der Waals surface area contributed by atoms with Crippen molar-refractivity contribution in [2.75, 3.05) is 18.0 Å². The van der Waals surface area contributed by atoms with Crippen molar-refractivity contribution < 1.29 is 4.79 Å². The summed E-state index contributed by atoms with van der Waals surface area (Å²) in [6.07, 6.45) is 3.42. The number of aromatic amines is 1. The summed E-state index contributed by atoms with van der Waals surface area (Å²) in [6.45, 7) is 2.30. The van der Waals surface area contributed by atoms with Crippen LogP contribution in [0.5, 0.6) is 0 Å². The molecular formula is C13H14N2O. The normalized spacial score (nSPS) is 15.9. The molecule has 1 fully saturated rings. The first-order valence-corrected chi connectivity index (χ1v) is 5.70. The topological polar surface area (TPSA) is 36.1 Å². The van der Waals surface area contributed by atoms with Crippen LogP contribution in [0, 0.1) is 0 Å². The van der Waals surface area contributed by atoms with Gasteiger partial charge in [0.2, 0.25) is 0 Å². The molecule has 3 nitrogen and oxygen atoms in total. The molecule has 0 atom stereocenters. The summed E-state index contributed by atoms with van der Waals surface area (Å²) in [6, 6.07) is 8.24. The molecule has 0 amide bonds. The van der Waals surface area contributed by atoms with Crippen molar-refractivity contribution in [3.8, 4) is 0 Å². The van der Waals surface area contributed by atoms with Gasteiger partial charge in [0.1, 0.15) is 0 Å². The maximum Gasteiger partial charge on any atom is 0.166 e. The Morgan fingerprint density at radius 2 is 2.00 bits per heavy atom. The zero-order valence-corrected chi connectivity index (χ0v) is 9.07. The molecule has 1 saturated heterocycles. The number of carbonyl (C=O) groups is 1. The number of anilines is 1. The van der Waals surface area contributed by atoms with E-state index >= 15 is 0 Å². The summed E-state index contributed by atoms with van der Waals surface area (Å²) >= 11 is 0. The Balaban J connectivity index is 2.03. The number of aromatic nitrogens is 1. The van der Waals surface area contributed by atoms with Crippen molar-refractivity contribution in [3.63, 3.8) is 0 Å². The second kappa shape index (κ2) is 3.67. The van der Waals surface area contributed by atoms with Gasteiger partial charge in [0.25, 0.3) is 0 Å². The summed E-state index contributed by atoms with van der Waals surface area (Å²) in [4.78, 5) is 16.1. The number of carbonyl (C=O) groups excluding carboxylic acids is 1. The zero-order chi connectivity index (χ0) is 11.0. The van der Waals surface area contributed by atoms with Crippen molar-refractivity contribution in [1.29, 1.82) is 0 Å². The van der Waals surface area contributed by atoms with Crippen LogP contribution in [-0.2, 0) is 0 Å². The summed E-state index contributed by atoms with van der Waals surface area (Å²) in [5.41, 5.74) is 2.94. The van der Waals surface area contributed by atoms with Gasteiger partial charge in [-0.2, -0.15) is 0 Å². The zero-order valence-electron chi connectivity index (χ0n) is 9.07. The van der Waals surface area contributed by atoms with Crippen LogP contribution in [0.1, 0.15) is 23.3 Å². The third-order valence-corrected chi connectivity index (χ3v) is 3.22. The molecule has 0 aliphatic carbocycles. The molecule has 0 spiro atoms. The Labute approximate surface area is 94.1 Å². The second-order valence-corrected chi connectivity index (χ2v) is 4.31. The van der Waals surface area contributed by atoms with Gasteiger partial charge in [-0.1, -0.05) is 0 Å². The molecule has 16 heavy (non-hydrogen) atoms. The van der Waals surface area contributed by atoms with Gasteiger partial charge in [0.05, 0.1) is 5.69 Å². The highest BCUT2D eigenvalue weighted by atomic mass is 16.1. The largest absolute Gasteiger partial charge is 0.372 e. The lowest BCUT2D eigenvalue weighted by Gasteiger charge is -2.17. The molecule has 2 heterocycles. The third-order valence-electron chi connectivity index (χ3n) is 3.22. The predicted octanol–water partition coefficient (Wildman–Crippen LogP) is 2.58. The maximum absolute atomic E-state index is 10.7. The first kappa shape index (κ1) is 9.46. The summed E-state index contributed by atoms with van der Waals surface area (Å²) in [5.74, 6) is 0. The first-order valence-electron chi connectivity index (χ1n) is 5.70. The van der Waals surface area contributed by atoms with Crippen molar-refractivity contribution in [2.24, 2.45) is 0 Å². The smallest absolute Gasteiger partial charge is 0.166 e. The van der Waals surface area contributed by atoms with E-state index in [4.69, 9.17) is 0 Å². The van der Waals surface area contributed by atoms with E-state index in [0.29, 0.717) is 5.69 Å². The molecule has 2 aromatic rings. The van der Waals surface area contributed by atoms with Gasteiger partial charge in [0, 0.05) is 29.7 Å². The number of nitrogens with one attached hydrogen (secondary N) is 1. The minimum atomic E-state index is 0.647. The molecule has 0 bridgehead atoms. The quantitative estimate of drug-likeness (QED) is 0.780. The van der Waals surface area contributed by atoms with Gasteiger partial charge < -0.3 is 9.88 Å². The molecule has 0 saturated carbocycles. The van der Waals surface area contributed by atoms with E-state index in [2.05, 4.69) is 28.1 Å². The van der Waals surface area contributed by atoms with Gasteiger partial charge in [-0.05, 0) is 37.1 Å². The third kappa shape index (κ3) is 1.48. The number of H-pyrrole nitrogens is 1. The molecule has 82 valence electrons. The SMILES string of the molecule is O=Cc1cc2cc(N3CCCC3)ccc2[nH]1. The number of aldehydes is 1. The summed E-state index contributed by atoms with van der Waals surface area (Å²) < 4.78 is 0. The van der Waals surface area contributed by atoms with E-state index in [9.17, 15) is 4.79 Å². The summed E-state index contributed by atoms with van der Waals surface area (Å²) in [5, 5.41) is 1.12. The van der Waals surface area contributed by atoms with Crippen molar-refractivity contribution in [2.45, 2.75) is 12.8 Å². The number of rotatable bonds is 2. The van der Waals surface area contributed by atoms with Crippen LogP contribution >= 0.6 is 0 Å². The van der Waals surface area contributed by atoms with Gasteiger partial charge >= 0.3 is 0 Å². The van der Waals surface area contributed by atoms with Crippen molar-refractivity contribution in [1.82, 2.24) is 4.98 Å². The molecule has 1 aliphatic rings. The highest BCUT2D eigenvalue weighted by Gasteiger charge is 2.12. The fourth-order valence-corrected chi connectivity index (χ4v) is 2.38. The Kier molecular flexibility index (Phi) is 2.17. The van der Waals surface area contributed by atoms with E-state index in [1.165, 1.54) is 18.5 Å². The minimum Gasteiger partial charge on any atom is -0.372 e. The summed E-state index contributed by atoms with van der Waals surface area (Å²) in [7, 11) is 0.